The molecular weight excluding hydrogens is 484 g/mol. The summed E-state index contributed by atoms with van der Waals surface area (Å²) in [6.45, 7) is 5.72. The summed E-state index contributed by atoms with van der Waals surface area (Å²) in [7, 11) is 0. The second-order valence-corrected chi connectivity index (χ2v) is 10.2. The Morgan fingerprint density at radius 3 is 2.55 bits per heavy atom. The fourth-order valence-electron chi connectivity index (χ4n) is 5.61. The van der Waals surface area contributed by atoms with Crippen molar-refractivity contribution in [3.63, 3.8) is 0 Å². The van der Waals surface area contributed by atoms with Crippen LogP contribution < -0.4 is 5.32 Å². The summed E-state index contributed by atoms with van der Waals surface area (Å²) in [5.74, 6) is 0.127. The quantitative estimate of drug-likeness (QED) is 0.547. The van der Waals surface area contributed by atoms with Gasteiger partial charge in [0.25, 0.3) is 5.91 Å². The summed E-state index contributed by atoms with van der Waals surface area (Å²) in [5, 5.41) is 10.9. The number of nitrogens with zero attached hydrogens (tertiary/aromatic N) is 6. The zero-order valence-electron chi connectivity index (χ0n) is 21.4. The molecule has 0 spiro atoms. The molecule has 0 aliphatic carbocycles. The highest BCUT2D eigenvalue weighted by molar-refractivity contribution is 5.97. The van der Waals surface area contributed by atoms with E-state index >= 15 is 0 Å². The van der Waals surface area contributed by atoms with Crippen molar-refractivity contribution >= 4 is 34.6 Å². The molecule has 0 unspecified atom stereocenters. The van der Waals surface area contributed by atoms with E-state index in [0.717, 1.165) is 48.9 Å². The Kier molecular flexibility index (Phi) is 6.67. The van der Waals surface area contributed by atoms with E-state index < -0.39 is 0 Å². The normalized spacial score (nSPS) is 18.1. The van der Waals surface area contributed by atoms with Gasteiger partial charge in [0.05, 0.1) is 12.7 Å². The van der Waals surface area contributed by atoms with E-state index in [4.69, 9.17) is 0 Å². The fraction of sp³-hybridized carbons (Fsp3) is 0.444. The van der Waals surface area contributed by atoms with E-state index in [1.807, 2.05) is 9.80 Å². The molecule has 2 aromatic heterocycles. The lowest BCUT2D eigenvalue weighted by Crippen LogP contribution is -2.51. The Morgan fingerprint density at radius 1 is 0.921 bits per heavy atom. The molecule has 1 aromatic carbocycles. The molecule has 38 heavy (non-hydrogen) atoms. The standard InChI is InChI=1S/C27H32N8O3/c36-24(33-7-1-2-8-33)18-32-10-12-34(13-11-32)26(37)19-4-3-5-21(14-19)30-27(38)35-9-6-22-20(17-35)15-28-25-23(22)16-29-31-25/h3-5,14-16H,1-2,6-13,17-18H2,(H,30,38)(H,28,29,31). The molecule has 0 saturated carbocycles. The van der Waals surface area contributed by atoms with Crippen LogP contribution in [-0.2, 0) is 17.8 Å². The number of aromatic amines is 1. The van der Waals surface area contributed by atoms with E-state index in [2.05, 4.69) is 25.4 Å². The second-order valence-electron chi connectivity index (χ2n) is 10.2. The number of aromatic nitrogens is 3. The van der Waals surface area contributed by atoms with Gasteiger partial charge in [0.15, 0.2) is 5.65 Å². The van der Waals surface area contributed by atoms with Crippen LogP contribution >= 0.6 is 0 Å². The molecule has 0 radical (unpaired) electrons. The van der Waals surface area contributed by atoms with Crippen LogP contribution in [0.25, 0.3) is 11.0 Å². The van der Waals surface area contributed by atoms with Crippen molar-refractivity contribution < 1.29 is 14.4 Å². The Morgan fingerprint density at radius 2 is 1.74 bits per heavy atom. The highest BCUT2D eigenvalue weighted by atomic mass is 16.2. The summed E-state index contributed by atoms with van der Waals surface area (Å²) < 4.78 is 0. The van der Waals surface area contributed by atoms with E-state index in [0.29, 0.717) is 57.1 Å². The number of anilines is 1. The van der Waals surface area contributed by atoms with Crippen LogP contribution in [0.15, 0.2) is 36.7 Å². The number of rotatable bonds is 4. The predicted octanol–water partition coefficient (Wildman–Crippen LogP) is 1.93. The van der Waals surface area contributed by atoms with Gasteiger partial charge in [-0.2, -0.15) is 5.10 Å². The number of nitrogens with one attached hydrogen (secondary N) is 2. The Hall–Kier alpha value is -3.99. The number of pyridine rings is 1. The number of piperazine rings is 1. The second kappa shape index (κ2) is 10.4. The van der Waals surface area contributed by atoms with Crippen molar-refractivity contribution in [3.8, 4) is 0 Å². The SMILES string of the molecule is O=C(CN1CCN(C(=O)c2cccc(NC(=O)N3CCc4c(cnc5[nH]ncc45)C3)c2)CC1)N1CCCC1. The van der Waals surface area contributed by atoms with Gasteiger partial charge in [0.1, 0.15) is 0 Å². The number of H-pyrrole nitrogens is 1. The Bertz CT molecular complexity index is 1360. The van der Waals surface area contributed by atoms with Crippen molar-refractivity contribution in [2.45, 2.75) is 25.8 Å². The number of urea groups is 1. The Labute approximate surface area is 220 Å². The molecule has 2 saturated heterocycles. The van der Waals surface area contributed by atoms with Crippen LogP contribution in [0.2, 0.25) is 0 Å². The van der Waals surface area contributed by atoms with Gasteiger partial charge in [0, 0.05) is 75.2 Å². The first kappa shape index (κ1) is 24.4. The largest absolute Gasteiger partial charge is 0.342 e. The molecule has 0 atom stereocenters. The maximum absolute atomic E-state index is 13.2. The van der Waals surface area contributed by atoms with Gasteiger partial charge in [-0.1, -0.05) is 6.07 Å². The number of carbonyl (C=O) groups is 3. The highest BCUT2D eigenvalue weighted by Gasteiger charge is 2.27. The van der Waals surface area contributed by atoms with Crippen molar-refractivity contribution in [1.82, 2.24) is 34.8 Å². The van der Waals surface area contributed by atoms with Gasteiger partial charge >= 0.3 is 6.03 Å². The van der Waals surface area contributed by atoms with Gasteiger partial charge in [-0.15, -0.1) is 0 Å². The van der Waals surface area contributed by atoms with Crippen LogP contribution in [0, 0.1) is 0 Å². The zero-order chi connectivity index (χ0) is 26.1. The van der Waals surface area contributed by atoms with E-state index in [1.165, 1.54) is 5.56 Å². The van der Waals surface area contributed by atoms with Crippen molar-refractivity contribution in [2.24, 2.45) is 0 Å². The summed E-state index contributed by atoms with van der Waals surface area (Å²) in [6, 6.07) is 6.89. The summed E-state index contributed by atoms with van der Waals surface area (Å²) in [6.07, 6.45) is 6.50. The molecule has 0 bridgehead atoms. The molecule has 3 aliphatic heterocycles. The van der Waals surface area contributed by atoms with Crippen LogP contribution in [0.3, 0.4) is 0 Å². The molecule has 6 rings (SSSR count). The van der Waals surface area contributed by atoms with E-state index in [9.17, 15) is 14.4 Å². The van der Waals surface area contributed by atoms with Crippen LogP contribution in [-0.4, -0.2) is 105 Å². The molecule has 3 aliphatic rings. The molecule has 198 valence electrons. The lowest BCUT2D eigenvalue weighted by Gasteiger charge is -2.35. The van der Waals surface area contributed by atoms with Crippen LogP contribution in [0.1, 0.15) is 34.3 Å². The van der Waals surface area contributed by atoms with Gasteiger partial charge in [-0.05, 0) is 48.6 Å². The number of hydrogen-bond donors (Lipinski definition) is 2. The summed E-state index contributed by atoms with van der Waals surface area (Å²) in [5.41, 5.74) is 4.09. The monoisotopic (exact) mass is 516 g/mol. The minimum Gasteiger partial charge on any atom is -0.342 e. The number of amides is 4. The van der Waals surface area contributed by atoms with Gasteiger partial charge in [0.2, 0.25) is 5.91 Å². The van der Waals surface area contributed by atoms with E-state index in [1.54, 1.807) is 41.6 Å². The third-order valence-corrected chi connectivity index (χ3v) is 7.80. The van der Waals surface area contributed by atoms with Gasteiger partial charge in [-0.3, -0.25) is 19.6 Å². The number of fused-ring (bicyclic) bond motifs is 3. The molecule has 3 aromatic rings. The predicted molar refractivity (Wildman–Crippen MR) is 142 cm³/mol. The summed E-state index contributed by atoms with van der Waals surface area (Å²) in [4.78, 5) is 50.7. The number of carbonyl (C=O) groups excluding carboxylic acids is 3. The van der Waals surface area contributed by atoms with Gasteiger partial charge in [-0.25, -0.2) is 9.78 Å². The third-order valence-electron chi connectivity index (χ3n) is 7.80. The van der Waals surface area contributed by atoms with Crippen molar-refractivity contribution in [3.05, 3.63) is 53.3 Å². The maximum atomic E-state index is 13.2. The molecule has 2 fully saturated rings. The first-order chi connectivity index (χ1) is 18.5. The third kappa shape index (κ3) is 4.93. The van der Waals surface area contributed by atoms with Crippen molar-refractivity contribution in [2.75, 3.05) is 57.7 Å². The molecule has 11 nitrogen and oxygen atoms in total. The highest BCUT2D eigenvalue weighted by Crippen LogP contribution is 2.25. The minimum absolute atomic E-state index is 0.0614. The van der Waals surface area contributed by atoms with Crippen LogP contribution in [0.4, 0.5) is 10.5 Å². The number of hydrogen-bond acceptors (Lipinski definition) is 6. The molecular formula is C27H32N8O3. The lowest BCUT2D eigenvalue weighted by molar-refractivity contribution is -0.131. The number of benzene rings is 1. The first-order valence-electron chi connectivity index (χ1n) is 13.3. The Balaban J connectivity index is 1.04. The average molecular weight is 517 g/mol. The van der Waals surface area contributed by atoms with Gasteiger partial charge < -0.3 is 20.0 Å². The minimum atomic E-state index is -0.205. The molecule has 2 N–H and O–H groups in total. The first-order valence-corrected chi connectivity index (χ1v) is 13.3. The van der Waals surface area contributed by atoms with Crippen molar-refractivity contribution in [1.29, 1.82) is 0 Å². The lowest BCUT2D eigenvalue weighted by atomic mass is 9.99. The molecule has 5 heterocycles. The summed E-state index contributed by atoms with van der Waals surface area (Å²) >= 11 is 0. The molecule has 11 heteroatoms. The topological polar surface area (TPSA) is 118 Å². The van der Waals surface area contributed by atoms with E-state index in [-0.39, 0.29) is 17.8 Å². The average Bonchev–Trinajstić information content (AvgIpc) is 3.66. The number of likely N-dealkylation sites (tertiary alicyclic amines) is 1. The zero-order valence-corrected chi connectivity index (χ0v) is 21.4. The maximum Gasteiger partial charge on any atom is 0.322 e. The smallest absolute Gasteiger partial charge is 0.322 e. The fourth-order valence-corrected chi connectivity index (χ4v) is 5.61. The molecule has 4 amide bonds. The van der Waals surface area contributed by atoms with Crippen LogP contribution in [0.5, 0.6) is 0 Å².